The summed E-state index contributed by atoms with van der Waals surface area (Å²) >= 11 is 5.88. The maximum absolute atomic E-state index is 12.9. The Morgan fingerprint density at radius 3 is 2.61 bits per heavy atom. The van der Waals surface area contributed by atoms with E-state index >= 15 is 0 Å². The van der Waals surface area contributed by atoms with Crippen LogP contribution in [-0.4, -0.2) is 14.9 Å². The molecule has 0 aliphatic heterocycles. The Hall–Kier alpha value is -2.07. The van der Waals surface area contributed by atoms with E-state index in [1.165, 1.54) is 12.1 Å². The fraction of sp³-hybridized carbons (Fsp3) is 0. The minimum Gasteiger partial charge on any atom is -0.506 e. The minimum atomic E-state index is -0.300. The molecular formula is C13H8ClFN2O. The van der Waals surface area contributed by atoms with Gasteiger partial charge in [0.2, 0.25) is 0 Å². The summed E-state index contributed by atoms with van der Waals surface area (Å²) in [4.78, 5) is 0. The fourth-order valence-corrected chi connectivity index (χ4v) is 1.98. The van der Waals surface area contributed by atoms with E-state index in [2.05, 4.69) is 5.10 Å². The summed E-state index contributed by atoms with van der Waals surface area (Å²) in [6.45, 7) is 0. The molecule has 0 saturated carbocycles. The van der Waals surface area contributed by atoms with Crippen LogP contribution in [0.15, 0.2) is 42.6 Å². The van der Waals surface area contributed by atoms with Gasteiger partial charge >= 0.3 is 0 Å². The molecule has 1 aromatic heterocycles. The number of phenolic OH excluding ortho intramolecular Hbond substituents is 1. The first-order valence-corrected chi connectivity index (χ1v) is 5.65. The van der Waals surface area contributed by atoms with Gasteiger partial charge in [0.05, 0.1) is 22.4 Å². The summed E-state index contributed by atoms with van der Waals surface area (Å²) < 4.78 is 14.5. The second-order valence-electron chi connectivity index (χ2n) is 3.90. The van der Waals surface area contributed by atoms with E-state index in [1.54, 1.807) is 35.1 Å². The van der Waals surface area contributed by atoms with Gasteiger partial charge in [-0.05, 0) is 36.4 Å². The highest BCUT2D eigenvalue weighted by Crippen LogP contribution is 2.29. The largest absolute Gasteiger partial charge is 0.506 e. The van der Waals surface area contributed by atoms with E-state index in [9.17, 15) is 9.50 Å². The lowest BCUT2D eigenvalue weighted by Crippen LogP contribution is -1.95. The zero-order valence-electron chi connectivity index (χ0n) is 9.14. The summed E-state index contributed by atoms with van der Waals surface area (Å²) in [5.74, 6) is -0.284. The smallest absolute Gasteiger partial charge is 0.134 e. The van der Waals surface area contributed by atoms with Gasteiger partial charge in [-0.2, -0.15) is 5.10 Å². The molecule has 3 rings (SSSR count). The molecule has 2 aromatic carbocycles. The van der Waals surface area contributed by atoms with Crippen LogP contribution in [0.5, 0.6) is 5.75 Å². The van der Waals surface area contributed by atoms with Crippen molar-refractivity contribution in [3.8, 4) is 11.4 Å². The first kappa shape index (κ1) is 11.0. The second kappa shape index (κ2) is 3.99. The first-order chi connectivity index (χ1) is 8.65. The third-order valence-corrected chi connectivity index (χ3v) is 3.01. The molecule has 0 spiro atoms. The van der Waals surface area contributed by atoms with Crippen LogP contribution < -0.4 is 0 Å². The van der Waals surface area contributed by atoms with Crippen molar-refractivity contribution >= 4 is 22.5 Å². The number of fused-ring (bicyclic) bond motifs is 1. The van der Waals surface area contributed by atoms with Crippen LogP contribution in [0.3, 0.4) is 0 Å². The van der Waals surface area contributed by atoms with Gasteiger partial charge in [0.1, 0.15) is 11.6 Å². The number of aromatic nitrogens is 2. The Balaban J connectivity index is 2.23. The van der Waals surface area contributed by atoms with Crippen LogP contribution in [0.2, 0.25) is 5.02 Å². The van der Waals surface area contributed by atoms with Crippen molar-refractivity contribution in [1.82, 2.24) is 9.78 Å². The number of halogens is 2. The molecule has 0 aliphatic carbocycles. The molecule has 0 saturated heterocycles. The Morgan fingerprint density at radius 1 is 1.17 bits per heavy atom. The molecular weight excluding hydrogens is 255 g/mol. The zero-order chi connectivity index (χ0) is 12.7. The highest BCUT2D eigenvalue weighted by molar-refractivity contribution is 6.32. The van der Waals surface area contributed by atoms with Crippen molar-refractivity contribution in [3.63, 3.8) is 0 Å². The van der Waals surface area contributed by atoms with E-state index in [0.717, 1.165) is 16.6 Å². The SMILES string of the molecule is Oc1cc2cnn(-c3ccc(F)cc3)c2cc1Cl. The van der Waals surface area contributed by atoms with Gasteiger partial charge in [-0.1, -0.05) is 11.6 Å². The first-order valence-electron chi connectivity index (χ1n) is 5.27. The minimum absolute atomic E-state index is 0.0165. The van der Waals surface area contributed by atoms with E-state index in [4.69, 9.17) is 11.6 Å². The Bertz CT molecular complexity index is 722. The van der Waals surface area contributed by atoms with Crippen LogP contribution in [0.25, 0.3) is 16.6 Å². The maximum Gasteiger partial charge on any atom is 0.134 e. The van der Waals surface area contributed by atoms with E-state index < -0.39 is 0 Å². The third-order valence-electron chi connectivity index (χ3n) is 2.71. The molecule has 0 fully saturated rings. The number of rotatable bonds is 1. The predicted molar refractivity (Wildman–Crippen MR) is 67.7 cm³/mol. The number of phenols is 1. The standard InChI is InChI=1S/C13H8ClFN2O/c14-11-6-12-8(5-13(11)18)7-16-17(12)10-3-1-9(15)2-4-10/h1-7,18H. The fourth-order valence-electron chi connectivity index (χ4n) is 1.82. The van der Waals surface area contributed by atoms with Crippen molar-refractivity contribution in [2.75, 3.05) is 0 Å². The number of aromatic hydroxyl groups is 1. The summed E-state index contributed by atoms with van der Waals surface area (Å²) in [6.07, 6.45) is 1.62. The lowest BCUT2D eigenvalue weighted by Gasteiger charge is -2.04. The second-order valence-corrected chi connectivity index (χ2v) is 4.30. The summed E-state index contributed by atoms with van der Waals surface area (Å²) in [5, 5.41) is 14.7. The summed E-state index contributed by atoms with van der Waals surface area (Å²) in [5.41, 5.74) is 1.48. The van der Waals surface area contributed by atoms with E-state index in [-0.39, 0.29) is 16.6 Å². The highest BCUT2D eigenvalue weighted by atomic mass is 35.5. The van der Waals surface area contributed by atoms with Crippen LogP contribution in [0, 0.1) is 5.82 Å². The number of hydrogen-bond donors (Lipinski definition) is 1. The van der Waals surface area contributed by atoms with Gasteiger partial charge in [-0.3, -0.25) is 0 Å². The quantitative estimate of drug-likeness (QED) is 0.729. The summed E-state index contributed by atoms with van der Waals surface area (Å²) in [6, 6.07) is 9.16. The highest BCUT2D eigenvalue weighted by Gasteiger charge is 2.08. The molecule has 90 valence electrons. The molecule has 0 aliphatic rings. The lowest BCUT2D eigenvalue weighted by atomic mass is 10.2. The third kappa shape index (κ3) is 1.71. The zero-order valence-corrected chi connectivity index (χ0v) is 9.89. The molecule has 0 bridgehead atoms. The van der Waals surface area contributed by atoms with Crippen molar-refractivity contribution < 1.29 is 9.50 Å². The number of nitrogens with zero attached hydrogens (tertiary/aromatic N) is 2. The van der Waals surface area contributed by atoms with Crippen LogP contribution in [0.4, 0.5) is 4.39 Å². The molecule has 0 radical (unpaired) electrons. The van der Waals surface area contributed by atoms with E-state index in [1.807, 2.05) is 0 Å². The van der Waals surface area contributed by atoms with Gasteiger partial charge in [0.25, 0.3) is 0 Å². The normalized spacial score (nSPS) is 11.0. The monoisotopic (exact) mass is 262 g/mol. The van der Waals surface area contributed by atoms with Crippen molar-refractivity contribution in [2.24, 2.45) is 0 Å². The molecule has 1 N–H and O–H groups in total. The number of benzene rings is 2. The average Bonchev–Trinajstić information content (AvgIpc) is 2.74. The molecule has 18 heavy (non-hydrogen) atoms. The number of hydrogen-bond acceptors (Lipinski definition) is 2. The van der Waals surface area contributed by atoms with Gasteiger partial charge in [-0.25, -0.2) is 9.07 Å². The maximum atomic E-state index is 12.9. The Kier molecular flexibility index (Phi) is 2.45. The van der Waals surface area contributed by atoms with Crippen LogP contribution in [-0.2, 0) is 0 Å². The van der Waals surface area contributed by atoms with Crippen molar-refractivity contribution in [1.29, 1.82) is 0 Å². The van der Waals surface area contributed by atoms with Crippen molar-refractivity contribution in [2.45, 2.75) is 0 Å². The molecule has 3 aromatic rings. The molecule has 0 unspecified atom stereocenters. The molecule has 0 atom stereocenters. The van der Waals surface area contributed by atoms with Crippen molar-refractivity contribution in [3.05, 3.63) is 53.4 Å². The molecule has 5 heteroatoms. The lowest BCUT2D eigenvalue weighted by molar-refractivity contribution is 0.476. The molecule has 0 amide bonds. The van der Waals surface area contributed by atoms with Gasteiger partial charge in [0.15, 0.2) is 0 Å². The summed E-state index contributed by atoms with van der Waals surface area (Å²) in [7, 11) is 0. The Labute approximate surface area is 107 Å². The van der Waals surface area contributed by atoms with Crippen LogP contribution in [0.1, 0.15) is 0 Å². The average molecular weight is 263 g/mol. The predicted octanol–water partition coefficient (Wildman–Crippen LogP) is 3.52. The molecule has 3 nitrogen and oxygen atoms in total. The topological polar surface area (TPSA) is 38.1 Å². The Morgan fingerprint density at radius 2 is 1.89 bits per heavy atom. The molecule has 1 heterocycles. The van der Waals surface area contributed by atoms with Gasteiger partial charge < -0.3 is 5.11 Å². The van der Waals surface area contributed by atoms with E-state index in [0.29, 0.717) is 0 Å². The van der Waals surface area contributed by atoms with Gasteiger partial charge in [0, 0.05) is 5.39 Å². The van der Waals surface area contributed by atoms with Crippen LogP contribution >= 0.6 is 11.6 Å². The van der Waals surface area contributed by atoms with Gasteiger partial charge in [-0.15, -0.1) is 0 Å².